The van der Waals surface area contributed by atoms with E-state index in [0.29, 0.717) is 25.9 Å². The van der Waals surface area contributed by atoms with Crippen LogP contribution in [0.2, 0.25) is 0 Å². The Kier molecular flexibility index (Phi) is 5.90. The molecule has 0 radical (unpaired) electrons. The van der Waals surface area contributed by atoms with Gasteiger partial charge in [-0.3, -0.25) is 4.79 Å². The summed E-state index contributed by atoms with van der Waals surface area (Å²) in [4.78, 5) is 13.8. The first-order valence-corrected chi connectivity index (χ1v) is 8.05. The molecule has 2 rings (SSSR count). The maximum absolute atomic E-state index is 12.9. The van der Waals surface area contributed by atoms with Gasteiger partial charge >= 0.3 is 6.18 Å². The minimum Gasteiger partial charge on any atom is -0.330 e. The monoisotopic (exact) mass is 306 g/mol. The number of amides is 1. The largest absolute Gasteiger partial charge is 0.406 e. The third kappa shape index (κ3) is 5.16. The molecule has 6 heteroatoms. The lowest BCUT2D eigenvalue weighted by Gasteiger charge is -2.37. The predicted molar refractivity (Wildman–Crippen MR) is 74.9 cm³/mol. The lowest BCUT2D eigenvalue weighted by Crippen LogP contribution is -2.51. The Labute approximate surface area is 124 Å². The van der Waals surface area contributed by atoms with Gasteiger partial charge in [-0.15, -0.1) is 0 Å². The van der Waals surface area contributed by atoms with Crippen molar-refractivity contribution >= 4 is 5.91 Å². The van der Waals surface area contributed by atoms with Crippen LogP contribution >= 0.6 is 0 Å². The summed E-state index contributed by atoms with van der Waals surface area (Å²) in [7, 11) is 0. The Morgan fingerprint density at radius 1 is 1.00 bits per heavy atom. The second kappa shape index (κ2) is 7.47. The molecule has 1 aliphatic carbocycles. The van der Waals surface area contributed by atoms with Gasteiger partial charge in [-0.2, -0.15) is 13.2 Å². The number of nitrogens with one attached hydrogen (secondary N) is 1. The van der Waals surface area contributed by atoms with Crippen molar-refractivity contribution in [3.8, 4) is 0 Å². The van der Waals surface area contributed by atoms with Crippen LogP contribution in [0.4, 0.5) is 13.2 Å². The number of hydrogen-bond donors (Lipinski definition) is 1. The molecule has 122 valence electrons. The van der Waals surface area contributed by atoms with Gasteiger partial charge in [0.15, 0.2) is 0 Å². The normalized spacial score (nSPS) is 22.8. The van der Waals surface area contributed by atoms with Crippen LogP contribution in [0.1, 0.15) is 51.4 Å². The highest BCUT2D eigenvalue weighted by molar-refractivity contribution is 5.79. The minimum absolute atomic E-state index is 0.204. The Hall–Kier alpha value is -0.780. The summed E-state index contributed by atoms with van der Waals surface area (Å²) in [5.74, 6) is -0.467. The molecular weight excluding hydrogens is 281 g/mol. The smallest absolute Gasteiger partial charge is 0.330 e. The Morgan fingerprint density at radius 3 is 2.10 bits per heavy atom. The molecule has 0 spiro atoms. The minimum atomic E-state index is -4.31. The highest BCUT2D eigenvalue weighted by Gasteiger charge is 2.38. The summed E-state index contributed by atoms with van der Waals surface area (Å²) in [5.41, 5.74) is 0. The molecule has 1 amide bonds. The molecule has 21 heavy (non-hydrogen) atoms. The lowest BCUT2D eigenvalue weighted by atomic mass is 9.96. The van der Waals surface area contributed by atoms with Gasteiger partial charge in [-0.1, -0.05) is 25.7 Å². The van der Waals surface area contributed by atoms with Crippen molar-refractivity contribution in [1.29, 1.82) is 0 Å². The molecule has 0 aromatic rings. The van der Waals surface area contributed by atoms with Crippen LogP contribution < -0.4 is 5.32 Å². The van der Waals surface area contributed by atoms with Crippen molar-refractivity contribution in [2.24, 2.45) is 5.92 Å². The second-order valence-electron chi connectivity index (χ2n) is 6.25. The fourth-order valence-electron chi connectivity index (χ4n) is 3.46. The molecule has 2 fully saturated rings. The van der Waals surface area contributed by atoms with E-state index in [0.717, 1.165) is 43.4 Å². The summed E-state index contributed by atoms with van der Waals surface area (Å²) in [5, 5.41) is 3.14. The summed E-state index contributed by atoms with van der Waals surface area (Å²) >= 11 is 0. The highest BCUT2D eigenvalue weighted by atomic mass is 19.4. The quantitative estimate of drug-likeness (QED) is 0.813. The zero-order valence-corrected chi connectivity index (χ0v) is 12.4. The summed E-state index contributed by atoms with van der Waals surface area (Å²) < 4.78 is 38.6. The van der Waals surface area contributed by atoms with Crippen LogP contribution in [0, 0.1) is 5.92 Å². The van der Waals surface area contributed by atoms with Gasteiger partial charge in [0, 0.05) is 12.0 Å². The average molecular weight is 306 g/mol. The molecule has 0 bridgehead atoms. The number of halogens is 3. The van der Waals surface area contributed by atoms with Gasteiger partial charge in [0.2, 0.25) is 5.91 Å². The van der Waals surface area contributed by atoms with Gasteiger partial charge in [-0.05, 0) is 38.8 Å². The van der Waals surface area contributed by atoms with E-state index in [1.807, 2.05) is 0 Å². The molecule has 0 aromatic carbocycles. The van der Waals surface area contributed by atoms with Crippen LogP contribution in [0.3, 0.4) is 0 Å². The first kappa shape index (κ1) is 16.6. The van der Waals surface area contributed by atoms with Crippen LogP contribution in [0.5, 0.6) is 0 Å². The van der Waals surface area contributed by atoms with Crippen molar-refractivity contribution in [3.05, 3.63) is 0 Å². The Bertz CT molecular complexity index is 332. The highest BCUT2D eigenvalue weighted by Crippen LogP contribution is 2.28. The first-order valence-electron chi connectivity index (χ1n) is 8.05. The third-order valence-corrected chi connectivity index (χ3v) is 4.59. The van der Waals surface area contributed by atoms with E-state index in [4.69, 9.17) is 0 Å². The number of nitrogens with zero attached hydrogens (tertiary/aromatic N) is 1. The van der Waals surface area contributed by atoms with Gasteiger partial charge in [0.25, 0.3) is 0 Å². The predicted octanol–water partition coefficient (Wildman–Crippen LogP) is 3.10. The van der Waals surface area contributed by atoms with Crippen molar-refractivity contribution in [2.45, 2.75) is 63.6 Å². The SMILES string of the molecule is O=C(C1CCCCCC1)N(CC(F)(F)F)C1CCNCC1. The standard InChI is InChI=1S/C15H25F3N2O/c16-15(17,18)11-20(13-7-9-19-10-8-13)14(21)12-5-3-1-2-4-6-12/h12-13,19H,1-11H2. The fourth-order valence-corrected chi connectivity index (χ4v) is 3.46. The van der Waals surface area contributed by atoms with E-state index in [-0.39, 0.29) is 17.9 Å². The molecule has 0 aromatic heterocycles. The van der Waals surface area contributed by atoms with E-state index in [2.05, 4.69) is 5.32 Å². The molecule has 1 aliphatic heterocycles. The fraction of sp³-hybridized carbons (Fsp3) is 0.933. The lowest BCUT2D eigenvalue weighted by molar-refractivity contribution is -0.169. The van der Waals surface area contributed by atoms with Crippen molar-refractivity contribution in [1.82, 2.24) is 10.2 Å². The van der Waals surface area contributed by atoms with Crippen LogP contribution in [0.25, 0.3) is 0 Å². The van der Waals surface area contributed by atoms with Crippen LogP contribution in [0.15, 0.2) is 0 Å². The van der Waals surface area contributed by atoms with Crippen molar-refractivity contribution in [2.75, 3.05) is 19.6 Å². The van der Waals surface area contributed by atoms with E-state index >= 15 is 0 Å². The molecule has 3 nitrogen and oxygen atoms in total. The Morgan fingerprint density at radius 2 is 1.57 bits per heavy atom. The van der Waals surface area contributed by atoms with Gasteiger partial charge in [0.1, 0.15) is 6.54 Å². The first-order chi connectivity index (χ1) is 9.97. The van der Waals surface area contributed by atoms with E-state index in [9.17, 15) is 18.0 Å². The number of rotatable bonds is 3. The maximum atomic E-state index is 12.9. The molecule has 0 unspecified atom stereocenters. The summed E-state index contributed by atoms with van der Waals surface area (Å²) in [6.45, 7) is 0.293. The second-order valence-corrected chi connectivity index (χ2v) is 6.25. The van der Waals surface area contributed by atoms with Crippen molar-refractivity contribution < 1.29 is 18.0 Å². The van der Waals surface area contributed by atoms with Crippen LogP contribution in [-0.4, -0.2) is 42.7 Å². The van der Waals surface area contributed by atoms with Gasteiger partial charge in [0.05, 0.1) is 0 Å². The zero-order valence-electron chi connectivity index (χ0n) is 12.4. The molecule has 1 saturated heterocycles. The maximum Gasteiger partial charge on any atom is 0.406 e. The van der Waals surface area contributed by atoms with Crippen LogP contribution in [-0.2, 0) is 4.79 Å². The number of piperidine rings is 1. The number of carbonyl (C=O) groups excluding carboxylic acids is 1. The van der Waals surface area contributed by atoms with Gasteiger partial charge < -0.3 is 10.2 Å². The van der Waals surface area contributed by atoms with Gasteiger partial charge in [-0.25, -0.2) is 0 Å². The molecule has 0 atom stereocenters. The van der Waals surface area contributed by atoms with E-state index in [1.54, 1.807) is 0 Å². The number of alkyl halides is 3. The topological polar surface area (TPSA) is 32.3 Å². The average Bonchev–Trinajstić information content (AvgIpc) is 2.73. The third-order valence-electron chi connectivity index (χ3n) is 4.59. The molecule has 2 aliphatic rings. The number of hydrogen-bond acceptors (Lipinski definition) is 2. The zero-order chi connectivity index (χ0) is 15.3. The molecular formula is C15H25F3N2O. The van der Waals surface area contributed by atoms with Crippen molar-refractivity contribution in [3.63, 3.8) is 0 Å². The summed E-state index contributed by atoms with van der Waals surface area (Å²) in [6.07, 6.45) is 2.53. The molecule has 1 saturated carbocycles. The van der Waals surface area contributed by atoms with E-state index < -0.39 is 12.7 Å². The molecule has 1 heterocycles. The summed E-state index contributed by atoms with van der Waals surface area (Å²) in [6, 6.07) is -0.261. The molecule has 1 N–H and O–H groups in total. The number of carbonyl (C=O) groups is 1. The van der Waals surface area contributed by atoms with E-state index in [1.165, 1.54) is 0 Å². The Balaban J connectivity index is 2.06.